The number of hydrogen-bond acceptors (Lipinski definition) is 4. The zero-order chi connectivity index (χ0) is 18.1. The van der Waals surface area contributed by atoms with Crippen molar-refractivity contribution in [2.75, 3.05) is 14.1 Å². The summed E-state index contributed by atoms with van der Waals surface area (Å²) in [5.74, 6) is -2.33. The molecule has 1 aromatic carbocycles. The van der Waals surface area contributed by atoms with Gasteiger partial charge in [0.1, 0.15) is 5.70 Å². The number of nitrogens with zero attached hydrogens (tertiary/aromatic N) is 2. The highest BCUT2D eigenvalue weighted by molar-refractivity contribution is 6.31. The van der Waals surface area contributed by atoms with E-state index in [1.165, 1.54) is 12.3 Å². The van der Waals surface area contributed by atoms with E-state index in [-0.39, 0.29) is 17.5 Å². The number of Topliss-reactive ketones (excluding diaryl/α,β-unsaturated/α-hetero) is 1. The van der Waals surface area contributed by atoms with Gasteiger partial charge in [0.15, 0.2) is 0 Å². The molecule has 1 heterocycles. The third-order valence-corrected chi connectivity index (χ3v) is 4.32. The first-order valence-electron chi connectivity index (χ1n) is 7.81. The van der Waals surface area contributed by atoms with Gasteiger partial charge in [0, 0.05) is 30.9 Å². The number of carbonyl (C=O) groups is 3. The minimum absolute atomic E-state index is 0.0264. The summed E-state index contributed by atoms with van der Waals surface area (Å²) in [6, 6.07) is 6.44. The first kappa shape index (κ1) is 17.2. The number of halogens is 1. The fourth-order valence-corrected chi connectivity index (χ4v) is 3.15. The second-order valence-corrected chi connectivity index (χ2v) is 6.59. The summed E-state index contributed by atoms with van der Waals surface area (Å²) in [6.07, 6.45) is 8.36. The number of imide groups is 1. The summed E-state index contributed by atoms with van der Waals surface area (Å²) in [4.78, 5) is 41.1. The van der Waals surface area contributed by atoms with Crippen LogP contribution in [0.25, 0.3) is 0 Å². The molecule has 0 spiro atoms. The fraction of sp³-hybridized carbons (Fsp3) is 0.211. The highest BCUT2D eigenvalue weighted by Crippen LogP contribution is 2.34. The molecule has 1 fully saturated rings. The van der Waals surface area contributed by atoms with Crippen molar-refractivity contribution in [2.45, 2.75) is 0 Å². The number of likely N-dealkylation sites (tertiary alicyclic amines) is 1. The van der Waals surface area contributed by atoms with Gasteiger partial charge in [-0.15, -0.1) is 0 Å². The number of ketones is 1. The number of carbonyl (C=O) groups excluding carboxylic acids is 3. The molecule has 0 aromatic heterocycles. The maximum atomic E-state index is 13.0. The van der Waals surface area contributed by atoms with Gasteiger partial charge >= 0.3 is 0 Å². The first-order valence-corrected chi connectivity index (χ1v) is 8.19. The molecule has 25 heavy (non-hydrogen) atoms. The van der Waals surface area contributed by atoms with Crippen LogP contribution in [0.3, 0.4) is 0 Å². The molecule has 128 valence electrons. The molecule has 6 heteroatoms. The predicted octanol–water partition coefficient (Wildman–Crippen LogP) is 2.65. The van der Waals surface area contributed by atoms with Gasteiger partial charge in [-0.05, 0) is 12.1 Å². The Balaban J connectivity index is 2.04. The number of rotatable bonds is 4. The van der Waals surface area contributed by atoms with Crippen LogP contribution in [-0.4, -0.2) is 41.5 Å². The van der Waals surface area contributed by atoms with Gasteiger partial charge in [0.05, 0.1) is 11.8 Å². The Morgan fingerprint density at radius 3 is 2.24 bits per heavy atom. The van der Waals surface area contributed by atoms with Crippen LogP contribution in [0.5, 0.6) is 0 Å². The van der Waals surface area contributed by atoms with E-state index in [0.717, 1.165) is 4.90 Å². The van der Waals surface area contributed by atoms with Crippen LogP contribution in [0.15, 0.2) is 60.5 Å². The number of hydrogen-bond donors (Lipinski definition) is 0. The lowest BCUT2D eigenvalue weighted by Crippen LogP contribution is -2.35. The minimum Gasteiger partial charge on any atom is -0.382 e. The largest absolute Gasteiger partial charge is 0.382 e. The topological polar surface area (TPSA) is 57.7 Å². The Hall–Kier alpha value is -2.66. The highest BCUT2D eigenvalue weighted by atomic mass is 35.5. The van der Waals surface area contributed by atoms with E-state index in [4.69, 9.17) is 11.6 Å². The minimum atomic E-state index is -0.560. The van der Waals surface area contributed by atoms with Gasteiger partial charge < -0.3 is 4.90 Å². The fourth-order valence-electron chi connectivity index (χ4n) is 2.96. The smallest absolute Gasteiger partial charge is 0.242 e. The van der Waals surface area contributed by atoms with Crippen molar-refractivity contribution in [3.8, 4) is 0 Å². The van der Waals surface area contributed by atoms with Gasteiger partial charge in [0.2, 0.25) is 17.6 Å². The van der Waals surface area contributed by atoms with Crippen molar-refractivity contribution < 1.29 is 14.4 Å². The van der Waals surface area contributed by atoms with Gasteiger partial charge in [-0.2, -0.15) is 0 Å². The maximum absolute atomic E-state index is 13.0. The lowest BCUT2D eigenvalue weighted by molar-refractivity contribution is -0.136. The Morgan fingerprint density at radius 1 is 1.12 bits per heavy atom. The lowest BCUT2D eigenvalue weighted by Gasteiger charge is -2.20. The number of fused-ring (bicyclic) bond motifs is 1. The second kappa shape index (κ2) is 6.69. The van der Waals surface area contributed by atoms with Gasteiger partial charge in [-0.3, -0.25) is 14.4 Å². The first-order chi connectivity index (χ1) is 11.9. The third kappa shape index (κ3) is 3.15. The molecule has 2 atom stereocenters. The lowest BCUT2D eigenvalue weighted by atomic mass is 9.91. The monoisotopic (exact) mass is 356 g/mol. The average Bonchev–Trinajstić information content (AvgIpc) is 2.84. The van der Waals surface area contributed by atoms with Crippen LogP contribution < -0.4 is 0 Å². The molecule has 0 bridgehead atoms. The van der Waals surface area contributed by atoms with Crippen molar-refractivity contribution in [2.24, 2.45) is 11.8 Å². The summed E-state index contributed by atoms with van der Waals surface area (Å²) < 4.78 is 0. The zero-order valence-corrected chi connectivity index (χ0v) is 14.6. The van der Waals surface area contributed by atoms with Crippen molar-refractivity contribution in [1.82, 2.24) is 9.80 Å². The molecular weight excluding hydrogens is 340 g/mol. The van der Waals surface area contributed by atoms with Crippen molar-refractivity contribution in [3.05, 3.63) is 71.1 Å². The molecule has 1 aliphatic heterocycles. The molecule has 5 nitrogen and oxygen atoms in total. The highest BCUT2D eigenvalue weighted by Gasteiger charge is 2.48. The average molecular weight is 357 g/mol. The number of amides is 2. The Bertz CT molecular complexity index is 809. The molecule has 2 amide bonds. The molecule has 0 saturated carbocycles. The van der Waals surface area contributed by atoms with E-state index in [9.17, 15) is 14.4 Å². The predicted molar refractivity (Wildman–Crippen MR) is 94.7 cm³/mol. The van der Waals surface area contributed by atoms with Crippen molar-refractivity contribution >= 4 is 29.2 Å². The second-order valence-electron chi connectivity index (χ2n) is 6.15. The number of benzene rings is 1. The Labute approximate surface area is 150 Å². The van der Waals surface area contributed by atoms with Gasteiger partial charge in [-0.25, -0.2) is 4.90 Å². The summed E-state index contributed by atoms with van der Waals surface area (Å²) >= 11 is 5.97. The van der Waals surface area contributed by atoms with Crippen LogP contribution in [0, 0.1) is 11.8 Å². The van der Waals surface area contributed by atoms with E-state index in [2.05, 4.69) is 0 Å². The quantitative estimate of drug-likeness (QED) is 0.473. The van der Waals surface area contributed by atoms with Crippen LogP contribution in [0.1, 0.15) is 10.4 Å². The summed E-state index contributed by atoms with van der Waals surface area (Å²) in [6.45, 7) is 0. The molecule has 1 aliphatic carbocycles. The molecule has 0 N–H and O–H groups in total. The Morgan fingerprint density at radius 2 is 1.72 bits per heavy atom. The summed E-state index contributed by atoms with van der Waals surface area (Å²) in [5.41, 5.74) is 0.348. The maximum Gasteiger partial charge on any atom is 0.242 e. The van der Waals surface area contributed by atoms with E-state index in [0.29, 0.717) is 10.6 Å². The number of allylic oxidation sites excluding steroid dienone is 3. The van der Waals surface area contributed by atoms with Crippen LogP contribution >= 0.6 is 11.6 Å². The van der Waals surface area contributed by atoms with Gasteiger partial charge in [0.25, 0.3) is 0 Å². The van der Waals surface area contributed by atoms with Crippen molar-refractivity contribution in [1.29, 1.82) is 0 Å². The van der Waals surface area contributed by atoms with Crippen LogP contribution in [0.2, 0.25) is 5.02 Å². The van der Waals surface area contributed by atoms with E-state index in [1.54, 1.807) is 61.5 Å². The van der Waals surface area contributed by atoms with E-state index in [1.807, 2.05) is 0 Å². The molecule has 2 aliphatic rings. The van der Waals surface area contributed by atoms with Crippen LogP contribution in [0.4, 0.5) is 0 Å². The Kier molecular flexibility index (Phi) is 4.59. The van der Waals surface area contributed by atoms with Crippen molar-refractivity contribution in [3.63, 3.8) is 0 Å². The molecule has 0 radical (unpaired) electrons. The molecule has 1 saturated heterocycles. The normalized spacial score (nSPS) is 22.4. The molecule has 3 rings (SSSR count). The molecule has 2 unspecified atom stereocenters. The van der Waals surface area contributed by atoms with Gasteiger partial charge in [-0.1, -0.05) is 48.0 Å². The SMILES string of the molecule is CN(C)/C=C(\C(=O)c1cccc(Cl)c1)N1C(=O)C2C=CC=CC2C1=O. The molecular formula is C19H17ClN2O3. The standard InChI is InChI=1S/C19H17ClN2O3/c1-21(2)11-16(17(23)12-6-5-7-13(20)10-12)22-18(24)14-8-3-4-9-15(14)19(22)25/h3-11,14-15H,1-2H3/b16-11+. The summed E-state index contributed by atoms with van der Waals surface area (Å²) in [7, 11) is 3.45. The van der Waals surface area contributed by atoms with E-state index < -0.39 is 17.6 Å². The summed E-state index contributed by atoms with van der Waals surface area (Å²) in [5, 5.41) is 0.411. The van der Waals surface area contributed by atoms with Crippen LogP contribution in [-0.2, 0) is 9.59 Å². The molecule has 1 aromatic rings. The van der Waals surface area contributed by atoms with E-state index >= 15 is 0 Å². The third-order valence-electron chi connectivity index (χ3n) is 4.09. The zero-order valence-electron chi connectivity index (χ0n) is 13.8.